The van der Waals surface area contributed by atoms with E-state index in [2.05, 4.69) is 31.2 Å². The SMILES string of the molecule is Cc1ccc(Nc2ncc(C(=O)N3CCCCC3)cn2)cc1Br. The molecule has 1 aliphatic rings. The maximum atomic E-state index is 12.4. The molecule has 0 spiro atoms. The van der Waals surface area contributed by atoms with Crippen molar-refractivity contribution < 1.29 is 4.79 Å². The maximum Gasteiger partial charge on any atom is 0.256 e. The molecule has 0 aliphatic carbocycles. The van der Waals surface area contributed by atoms with Crippen molar-refractivity contribution in [3.63, 3.8) is 0 Å². The minimum absolute atomic E-state index is 0.0225. The number of rotatable bonds is 3. The van der Waals surface area contributed by atoms with Crippen LogP contribution in [-0.4, -0.2) is 33.9 Å². The number of amides is 1. The summed E-state index contributed by atoms with van der Waals surface area (Å²) in [7, 11) is 0. The Balaban J connectivity index is 1.68. The molecule has 0 atom stereocenters. The molecule has 1 amide bonds. The van der Waals surface area contributed by atoms with Gasteiger partial charge in [0, 0.05) is 35.6 Å². The second-order valence-electron chi connectivity index (χ2n) is 5.74. The number of hydrogen-bond donors (Lipinski definition) is 1. The van der Waals surface area contributed by atoms with E-state index in [0.29, 0.717) is 11.5 Å². The van der Waals surface area contributed by atoms with Crippen LogP contribution in [0.15, 0.2) is 35.1 Å². The molecule has 1 aliphatic heterocycles. The van der Waals surface area contributed by atoms with Gasteiger partial charge in [-0.3, -0.25) is 4.79 Å². The zero-order valence-electron chi connectivity index (χ0n) is 13.1. The van der Waals surface area contributed by atoms with Crippen LogP contribution >= 0.6 is 15.9 Å². The molecule has 120 valence electrons. The first-order valence-corrected chi connectivity index (χ1v) is 8.57. The summed E-state index contributed by atoms with van der Waals surface area (Å²) in [6.45, 7) is 3.69. The number of anilines is 2. The van der Waals surface area contributed by atoms with Crippen molar-refractivity contribution in [3.05, 3.63) is 46.2 Å². The number of piperidine rings is 1. The van der Waals surface area contributed by atoms with E-state index in [9.17, 15) is 4.79 Å². The van der Waals surface area contributed by atoms with Crippen LogP contribution in [-0.2, 0) is 0 Å². The number of carbonyl (C=O) groups is 1. The highest BCUT2D eigenvalue weighted by molar-refractivity contribution is 9.10. The number of benzene rings is 1. The molecule has 0 bridgehead atoms. The third-order valence-electron chi connectivity index (χ3n) is 3.97. The van der Waals surface area contributed by atoms with Crippen molar-refractivity contribution >= 4 is 33.5 Å². The van der Waals surface area contributed by atoms with Gasteiger partial charge >= 0.3 is 0 Å². The first-order valence-electron chi connectivity index (χ1n) is 7.78. The van der Waals surface area contributed by atoms with Crippen LogP contribution in [0.2, 0.25) is 0 Å². The molecule has 23 heavy (non-hydrogen) atoms. The van der Waals surface area contributed by atoms with Crippen molar-refractivity contribution in [1.29, 1.82) is 0 Å². The summed E-state index contributed by atoms with van der Waals surface area (Å²) >= 11 is 3.50. The second kappa shape index (κ2) is 7.08. The highest BCUT2D eigenvalue weighted by atomic mass is 79.9. The van der Waals surface area contributed by atoms with Gasteiger partial charge in [0.2, 0.25) is 5.95 Å². The molecule has 0 saturated carbocycles. The molecule has 0 radical (unpaired) electrons. The fourth-order valence-electron chi connectivity index (χ4n) is 2.58. The molecule has 0 unspecified atom stereocenters. The number of hydrogen-bond acceptors (Lipinski definition) is 4. The number of nitrogens with one attached hydrogen (secondary N) is 1. The van der Waals surface area contributed by atoms with E-state index in [1.54, 1.807) is 12.4 Å². The lowest BCUT2D eigenvalue weighted by Gasteiger charge is -2.26. The van der Waals surface area contributed by atoms with E-state index in [-0.39, 0.29) is 5.91 Å². The largest absolute Gasteiger partial charge is 0.339 e. The van der Waals surface area contributed by atoms with Gasteiger partial charge in [0.05, 0.1) is 5.56 Å². The summed E-state index contributed by atoms with van der Waals surface area (Å²) in [6, 6.07) is 5.96. The molecular weight excluding hydrogens is 356 g/mol. The summed E-state index contributed by atoms with van der Waals surface area (Å²) < 4.78 is 1.03. The van der Waals surface area contributed by atoms with E-state index < -0.39 is 0 Å². The smallest absolute Gasteiger partial charge is 0.256 e. The lowest BCUT2D eigenvalue weighted by Crippen LogP contribution is -2.35. The topological polar surface area (TPSA) is 58.1 Å². The lowest BCUT2D eigenvalue weighted by atomic mass is 10.1. The first kappa shape index (κ1) is 15.9. The van der Waals surface area contributed by atoms with Crippen molar-refractivity contribution in [3.8, 4) is 0 Å². The molecular formula is C17H19BrN4O. The Kier molecular flexibility index (Phi) is 4.91. The quantitative estimate of drug-likeness (QED) is 0.884. The normalized spacial score (nSPS) is 14.6. The van der Waals surface area contributed by atoms with Gasteiger partial charge in [0.25, 0.3) is 5.91 Å². The predicted octanol–water partition coefficient (Wildman–Crippen LogP) is 3.92. The summed E-state index contributed by atoms with van der Waals surface area (Å²) in [6.07, 6.45) is 6.54. The fourth-order valence-corrected chi connectivity index (χ4v) is 2.96. The molecule has 2 aromatic rings. The molecule has 6 heteroatoms. The van der Waals surface area contributed by atoms with E-state index in [0.717, 1.165) is 36.1 Å². The van der Waals surface area contributed by atoms with E-state index in [4.69, 9.17) is 0 Å². The minimum atomic E-state index is 0.0225. The van der Waals surface area contributed by atoms with Gasteiger partial charge in [-0.05, 0) is 43.9 Å². The van der Waals surface area contributed by atoms with Crippen LogP contribution in [0.3, 0.4) is 0 Å². The van der Waals surface area contributed by atoms with E-state index in [1.165, 1.54) is 12.0 Å². The van der Waals surface area contributed by atoms with Gasteiger partial charge in [-0.15, -0.1) is 0 Å². The number of nitrogens with zero attached hydrogens (tertiary/aromatic N) is 3. The van der Waals surface area contributed by atoms with Gasteiger partial charge in [-0.2, -0.15) is 0 Å². The average molecular weight is 375 g/mol. The van der Waals surface area contributed by atoms with Gasteiger partial charge < -0.3 is 10.2 Å². The molecule has 1 aromatic heterocycles. The molecule has 1 fully saturated rings. The third kappa shape index (κ3) is 3.88. The predicted molar refractivity (Wildman–Crippen MR) is 93.9 cm³/mol. The second-order valence-corrected chi connectivity index (χ2v) is 6.59. The fraction of sp³-hybridized carbons (Fsp3) is 0.353. The van der Waals surface area contributed by atoms with Crippen LogP contribution in [0.1, 0.15) is 35.2 Å². The Labute approximate surface area is 144 Å². The summed E-state index contributed by atoms with van der Waals surface area (Å²) in [4.78, 5) is 22.8. The zero-order valence-corrected chi connectivity index (χ0v) is 14.6. The lowest BCUT2D eigenvalue weighted by molar-refractivity contribution is 0.0723. The monoisotopic (exact) mass is 374 g/mol. The highest BCUT2D eigenvalue weighted by Gasteiger charge is 2.18. The third-order valence-corrected chi connectivity index (χ3v) is 4.82. The summed E-state index contributed by atoms with van der Waals surface area (Å²) in [5, 5.41) is 3.14. The van der Waals surface area contributed by atoms with E-state index >= 15 is 0 Å². The number of carbonyl (C=O) groups excluding carboxylic acids is 1. The molecule has 5 nitrogen and oxygen atoms in total. The molecule has 1 aromatic carbocycles. The number of halogens is 1. The molecule has 1 saturated heterocycles. The number of aromatic nitrogens is 2. The summed E-state index contributed by atoms with van der Waals surface area (Å²) in [5.74, 6) is 0.505. The van der Waals surface area contributed by atoms with Crippen molar-refractivity contribution in [2.24, 2.45) is 0 Å². The van der Waals surface area contributed by atoms with Gasteiger partial charge in [0.1, 0.15) is 0 Å². The first-order chi connectivity index (χ1) is 11.1. The Bertz CT molecular complexity index is 696. The van der Waals surface area contributed by atoms with Crippen molar-refractivity contribution in [2.45, 2.75) is 26.2 Å². The highest BCUT2D eigenvalue weighted by Crippen LogP contribution is 2.22. The van der Waals surface area contributed by atoms with Crippen LogP contribution in [0.25, 0.3) is 0 Å². The van der Waals surface area contributed by atoms with Crippen LogP contribution in [0, 0.1) is 6.92 Å². The molecule has 2 heterocycles. The average Bonchev–Trinajstić information content (AvgIpc) is 2.59. The number of aryl methyl sites for hydroxylation is 1. The molecule has 1 N–H and O–H groups in total. The van der Waals surface area contributed by atoms with E-state index in [1.807, 2.05) is 30.0 Å². The van der Waals surface area contributed by atoms with Gasteiger partial charge in [0.15, 0.2) is 0 Å². The minimum Gasteiger partial charge on any atom is -0.339 e. The van der Waals surface area contributed by atoms with Gasteiger partial charge in [-0.1, -0.05) is 22.0 Å². The Morgan fingerprint density at radius 2 is 1.87 bits per heavy atom. The standard InChI is InChI=1S/C17H19BrN4O/c1-12-5-6-14(9-15(12)18)21-17-19-10-13(11-20-17)16(23)22-7-3-2-4-8-22/h5-6,9-11H,2-4,7-8H2,1H3,(H,19,20,21). The zero-order chi connectivity index (χ0) is 16.2. The van der Waals surface area contributed by atoms with Crippen molar-refractivity contribution in [1.82, 2.24) is 14.9 Å². The maximum absolute atomic E-state index is 12.4. The molecule has 3 rings (SSSR count). The van der Waals surface area contributed by atoms with Crippen molar-refractivity contribution in [2.75, 3.05) is 18.4 Å². The Morgan fingerprint density at radius 1 is 1.17 bits per heavy atom. The number of likely N-dealkylation sites (tertiary alicyclic amines) is 1. The van der Waals surface area contributed by atoms with Crippen LogP contribution in [0.4, 0.5) is 11.6 Å². The van der Waals surface area contributed by atoms with Crippen LogP contribution < -0.4 is 5.32 Å². The van der Waals surface area contributed by atoms with Gasteiger partial charge in [-0.25, -0.2) is 9.97 Å². The summed E-state index contributed by atoms with van der Waals surface area (Å²) in [5.41, 5.74) is 2.61. The Morgan fingerprint density at radius 3 is 2.52 bits per heavy atom. The Hall–Kier alpha value is -1.95. The van der Waals surface area contributed by atoms with Crippen LogP contribution in [0.5, 0.6) is 0 Å².